The van der Waals surface area contributed by atoms with Crippen LogP contribution < -0.4 is 34.5 Å². The molecule has 0 spiro atoms. The zero-order chi connectivity index (χ0) is 27.4. The van der Waals surface area contributed by atoms with Gasteiger partial charge in [0.2, 0.25) is 0 Å². The summed E-state index contributed by atoms with van der Waals surface area (Å²) in [6.07, 6.45) is 7.49. The minimum absolute atomic E-state index is 0. The zero-order valence-corrected chi connectivity index (χ0v) is 26.0. The number of allylic oxidation sites excluding steroid dienone is 5. The normalized spacial score (nSPS) is 13.3. The smallest absolute Gasteiger partial charge is 1.00 e. The van der Waals surface area contributed by atoms with Crippen LogP contribution in [0.1, 0.15) is 41.7 Å². The zero-order valence-electron chi connectivity index (χ0n) is 24.3. The second-order valence-corrected chi connectivity index (χ2v) is 11.1. The van der Waals surface area contributed by atoms with E-state index in [1.807, 2.05) is 76.3 Å². The molecule has 0 amide bonds. The van der Waals surface area contributed by atoms with Crippen molar-refractivity contribution < 1.29 is 62.9 Å². The Morgan fingerprint density at radius 2 is 1.37 bits per heavy atom. The van der Waals surface area contributed by atoms with Crippen LogP contribution in [0, 0.1) is 0 Å². The molecule has 2 aromatic rings. The van der Waals surface area contributed by atoms with Crippen LogP contribution >= 0.6 is 0 Å². The van der Waals surface area contributed by atoms with Gasteiger partial charge in [0, 0.05) is 36.5 Å². The molecule has 8 nitrogen and oxygen atoms in total. The Morgan fingerprint density at radius 3 is 1.82 bits per heavy atom. The van der Waals surface area contributed by atoms with Gasteiger partial charge in [-0.2, -0.15) is 0 Å². The van der Waals surface area contributed by atoms with Crippen LogP contribution in [0.25, 0.3) is 5.57 Å². The average molecular weight is 569 g/mol. The molecule has 202 valence electrons. The van der Waals surface area contributed by atoms with Gasteiger partial charge in [-0.1, -0.05) is 18.2 Å². The summed E-state index contributed by atoms with van der Waals surface area (Å²) in [4.78, 5) is 0.614. The molecule has 38 heavy (non-hydrogen) atoms. The first-order chi connectivity index (χ1) is 17.4. The predicted molar refractivity (Wildman–Crippen MR) is 145 cm³/mol. The molecule has 0 fully saturated rings. The third-order valence-corrected chi connectivity index (χ3v) is 8.06. The van der Waals surface area contributed by atoms with Gasteiger partial charge < -0.3 is 16.9 Å². The van der Waals surface area contributed by atoms with E-state index in [2.05, 4.69) is 9.48 Å². The van der Waals surface area contributed by atoms with E-state index in [0.29, 0.717) is 22.8 Å². The Morgan fingerprint density at radius 1 is 0.816 bits per heavy atom. The molecule has 0 radical (unpaired) electrons. The molecule has 0 aromatic heterocycles. The Labute approximate surface area is 250 Å². The van der Waals surface area contributed by atoms with Crippen LogP contribution in [-0.4, -0.2) is 62.4 Å². The van der Waals surface area contributed by atoms with Crippen molar-refractivity contribution in [3.8, 4) is 0 Å². The van der Waals surface area contributed by atoms with Gasteiger partial charge in [-0.3, -0.25) is 0 Å². The van der Waals surface area contributed by atoms with Crippen molar-refractivity contribution in [2.75, 3.05) is 31.1 Å². The van der Waals surface area contributed by atoms with Crippen LogP contribution in [0.2, 0.25) is 0 Å². The SMILES string of the molecule is CCN(CC)c1ccc(C(=C2C=CC(=[N+](CC)CC)C=C2)c2ccc(S(=O)(=O)[O-])cc2S(=O)(=O)[O-])cc1.[H-].[H-].[Na+]. The van der Waals surface area contributed by atoms with Gasteiger partial charge in [0.25, 0.3) is 0 Å². The van der Waals surface area contributed by atoms with Crippen molar-refractivity contribution >= 4 is 37.2 Å². The summed E-state index contributed by atoms with van der Waals surface area (Å²) in [5, 5.41) is 0. The third-order valence-electron chi connectivity index (χ3n) is 6.35. The molecule has 0 saturated heterocycles. The number of anilines is 1. The van der Waals surface area contributed by atoms with Crippen LogP contribution in [0.4, 0.5) is 5.69 Å². The van der Waals surface area contributed by atoms with Gasteiger partial charge in [-0.05, 0) is 80.8 Å². The summed E-state index contributed by atoms with van der Waals surface area (Å²) in [5.74, 6) is 0. The fourth-order valence-electron chi connectivity index (χ4n) is 4.40. The number of rotatable bonds is 9. The quantitative estimate of drug-likeness (QED) is 0.251. The van der Waals surface area contributed by atoms with Crippen LogP contribution in [0.3, 0.4) is 0 Å². The van der Waals surface area contributed by atoms with Gasteiger partial charge >= 0.3 is 29.6 Å². The van der Waals surface area contributed by atoms with Crippen LogP contribution in [-0.2, 0) is 20.2 Å². The summed E-state index contributed by atoms with van der Waals surface area (Å²) in [6.45, 7) is 11.4. The number of nitrogens with zero attached hydrogens (tertiary/aromatic N) is 2. The van der Waals surface area contributed by atoms with Crippen molar-refractivity contribution in [2.24, 2.45) is 0 Å². The minimum atomic E-state index is -5.13. The van der Waals surface area contributed by atoms with Crippen molar-refractivity contribution in [1.82, 2.24) is 0 Å². The molecule has 0 atom stereocenters. The molecule has 0 N–H and O–H groups in total. The molecular weight excluding hydrogens is 535 g/mol. The van der Waals surface area contributed by atoms with Crippen molar-refractivity contribution in [2.45, 2.75) is 37.5 Å². The molecular formula is C27H33N2NaO6S2-2. The third kappa shape index (κ3) is 7.32. The maximum atomic E-state index is 12.3. The van der Waals surface area contributed by atoms with E-state index in [1.165, 1.54) is 6.07 Å². The average Bonchev–Trinajstić information content (AvgIpc) is 2.86. The first kappa shape index (κ1) is 32.2. The summed E-state index contributed by atoms with van der Waals surface area (Å²) in [5.41, 5.74) is 3.68. The Bertz CT molecular complexity index is 1490. The van der Waals surface area contributed by atoms with E-state index in [9.17, 15) is 25.9 Å². The Balaban J connectivity index is 0.00000507. The topological polar surface area (TPSA) is 121 Å². The molecule has 0 unspecified atom stereocenters. The van der Waals surface area contributed by atoms with E-state index in [0.717, 1.165) is 43.6 Å². The molecule has 2 aromatic carbocycles. The van der Waals surface area contributed by atoms with Gasteiger partial charge in [0.15, 0.2) is 5.71 Å². The molecule has 1 aliphatic rings. The second-order valence-electron chi connectivity index (χ2n) is 8.38. The van der Waals surface area contributed by atoms with Gasteiger partial charge in [-0.15, -0.1) is 0 Å². The summed E-state index contributed by atoms with van der Waals surface area (Å²) < 4.78 is 73.7. The molecule has 11 heteroatoms. The summed E-state index contributed by atoms with van der Waals surface area (Å²) in [7, 11) is -10.1. The van der Waals surface area contributed by atoms with E-state index in [1.54, 1.807) is 0 Å². The maximum Gasteiger partial charge on any atom is 1.00 e. The summed E-state index contributed by atoms with van der Waals surface area (Å²) in [6, 6.07) is 10.4. The van der Waals surface area contributed by atoms with Gasteiger partial charge in [0.1, 0.15) is 33.3 Å². The maximum absolute atomic E-state index is 12.3. The first-order valence-corrected chi connectivity index (χ1v) is 14.9. The van der Waals surface area contributed by atoms with Crippen molar-refractivity contribution in [3.05, 3.63) is 83.5 Å². The van der Waals surface area contributed by atoms with Crippen LogP contribution in [0.15, 0.2) is 82.1 Å². The Kier molecular flexibility index (Phi) is 11.3. The van der Waals surface area contributed by atoms with Crippen LogP contribution in [0.5, 0.6) is 0 Å². The molecule has 0 heterocycles. The number of hydrogen-bond donors (Lipinski definition) is 0. The van der Waals surface area contributed by atoms with E-state index < -0.39 is 30.0 Å². The molecule has 0 saturated carbocycles. The first-order valence-electron chi connectivity index (χ1n) is 12.1. The predicted octanol–water partition coefficient (Wildman–Crippen LogP) is 0.991. The molecule has 3 rings (SSSR count). The monoisotopic (exact) mass is 568 g/mol. The standard InChI is InChI=1S/C27H32N2O6S2.Na.2H/c1-5-28(6-2)22-13-9-20(10-14-22)27(21-11-15-23(16-12-21)29(7-3)8-4)25-18-17-24(36(30,31)32)19-26(25)37(33,34)35;;;/h9-19H,5-8H2,1-4H3,(H-,30,31,32,33,34,35);;;/q;+1;2*-1/p-1. The number of benzene rings is 2. The van der Waals surface area contributed by atoms with E-state index >= 15 is 0 Å². The van der Waals surface area contributed by atoms with E-state index in [-0.39, 0.29) is 38.0 Å². The van der Waals surface area contributed by atoms with Crippen molar-refractivity contribution in [1.29, 1.82) is 0 Å². The van der Waals surface area contributed by atoms with Crippen molar-refractivity contribution in [3.63, 3.8) is 0 Å². The van der Waals surface area contributed by atoms with E-state index in [4.69, 9.17) is 0 Å². The van der Waals surface area contributed by atoms with Gasteiger partial charge in [-0.25, -0.2) is 21.4 Å². The molecule has 0 aliphatic heterocycles. The molecule has 1 aliphatic carbocycles. The Hall–Kier alpha value is -2.05. The fraction of sp³-hybridized carbons (Fsp3) is 0.296. The number of hydrogen-bond acceptors (Lipinski definition) is 7. The van der Waals surface area contributed by atoms with Gasteiger partial charge in [0.05, 0.1) is 9.79 Å². The second kappa shape index (κ2) is 13.3. The minimum Gasteiger partial charge on any atom is -1.00 e. The summed E-state index contributed by atoms with van der Waals surface area (Å²) >= 11 is 0. The molecule has 0 bridgehead atoms. The fourth-order valence-corrected chi connectivity index (χ4v) is 5.69. The largest absolute Gasteiger partial charge is 1.00 e.